The average Bonchev–Trinajstić information content (AvgIpc) is 2.95. The molecule has 0 saturated heterocycles. The van der Waals surface area contributed by atoms with Crippen LogP contribution in [0.15, 0.2) is 30.5 Å². The van der Waals surface area contributed by atoms with Gasteiger partial charge in [-0.15, -0.1) is 0 Å². The lowest BCUT2D eigenvalue weighted by molar-refractivity contribution is -0.143. The summed E-state index contributed by atoms with van der Waals surface area (Å²) in [5, 5.41) is 9.86. The number of hydrogen-bond acceptors (Lipinski definition) is 5. The number of hydrogen-bond donors (Lipinski definition) is 0. The number of aromatic nitrogens is 1. The van der Waals surface area contributed by atoms with Crippen molar-refractivity contribution in [1.82, 2.24) is 4.57 Å². The summed E-state index contributed by atoms with van der Waals surface area (Å²) in [5.74, 6) is -1.63. The molecule has 0 aliphatic carbocycles. The van der Waals surface area contributed by atoms with Gasteiger partial charge in [-0.25, -0.2) is 4.79 Å². The van der Waals surface area contributed by atoms with Crippen LogP contribution in [-0.2, 0) is 20.7 Å². The molecule has 0 fully saturated rings. The van der Waals surface area contributed by atoms with Crippen LogP contribution in [0.5, 0.6) is 0 Å². The monoisotopic (exact) mass is 402 g/mol. The fourth-order valence-corrected chi connectivity index (χ4v) is 2.48. The van der Waals surface area contributed by atoms with Gasteiger partial charge in [-0.1, -0.05) is 53.0 Å². The van der Waals surface area contributed by atoms with Gasteiger partial charge < -0.3 is 9.47 Å². The van der Waals surface area contributed by atoms with Crippen LogP contribution in [0.25, 0.3) is 10.9 Å². The van der Waals surface area contributed by atoms with E-state index in [0.29, 0.717) is 16.5 Å². The van der Waals surface area contributed by atoms with E-state index in [2.05, 4.69) is 4.74 Å². The number of nitrogens with zero attached hydrogens (tertiary/aromatic N) is 2. The topological polar surface area (TPSA) is 81.3 Å². The minimum absolute atomic E-state index is 0.0917. The summed E-state index contributed by atoms with van der Waals surface area (Å²) in [7, 11) is 1.21. The van der Waals surface area contributed by atoms with Gasteiger partial charge in [-0.2, -0.15) is 5.26 Å². The highest BCUT2D eigenvalue weighted by atomic mass is 35.6. The third kappa shape index (κ3) is 4.79. The highest BCUT2D eigenvalue weighted by molar-refractivity contribution is 6.67. The van der Waals surface area contributed by atoms with Crippen molar-refractivity contribution >= 4 is 57.8 Å². The van der Waals surface area contributed by atoms with E-state index in [1.807, 2.05) is 6.07 Å². The maximum Gasteiger partial charge on any atom is 0.418 e. The number of carbonyl (C=O) groups is 2. The zero-order chi connectivity index (χ0) is 18.6. The number of nitriles is 1. The number of esters is 1. The third-order valence-corrected chi connectivity index (χ3v) is 3.74. The SMILES string of the molecule is COC(=O)C(C#N)Cc1cn(C(=O)OCC(Cl)(Cl)Cl)c2ccccc12. The summed E-state index contributed by atoms with van der Waals surface area (Å²) in [5.41, 5.74) is 1.17. The lowest BCUT2D eigenvalue weighted by Crippen LogP contribution is -2.20. The van der Waals surface area contributed by atoms with Crippen LogP contribution >= 0.6 is 34.8 Å². The summed E-state index contributed by atoms with van der Waals surface area (Å²) < 4.78 is 9.12. The second kappa shape index (κ2) is 7.96. The van der Waals surface area contributed by atoms with Crippen molar-refractivity contribution in [1.29, 1.82) is 5.26 Å². The Morgan fingerprint density at radius 2 is 2.00 bits per heavy atom. The van der Waals surface area contributed by atoms with E-state index in [-0.39, 0.29) is 6.42 Å². The van der Waals surface area contributed by atoms with Gasteiger partial charge >= 0.3 is 12.1 Å². The molecular weight excluding hydrogens is 391 g/mol. The number of carbonyl (C=O) groups excluding carboxylic acids is 2. The van der Waals surface area contributed by atoms with Crippen LogP contribution in [0.2, 0.25) is 0 Å². The van der Waals surface area contributed by atoms with Gasteiger partial charge in [-0.3, -0.25) is 9.36 Å². The minimum atomic E-state index is -1.72. The molecule has 132 valence electrons. The molecule has 0 aliphatic rings. The molecule has 9 heteroatoms. The van der Waals surface area contributed by atoms with Crippen LogP contribution < -0.4 is 0 Å². The molecule has 0 saturated carbocycles. The van der Waals surface area contributed by atoms with Crippen molar-refractivity contribution in [3.63, 3.8) is 0 Å². The van der Waals surface area contributed by atoms with E-state index >= 15 is 0 Å². The molecule has 0 radical (unpaired) electrons. The number of para-hydroxylation sites is 1. The molecule has 2 aromatic rings. The van der Waals surface area contributed by atoms with E-state index in [9.17, 15) is 9.59 Å². The molecule has 1 atom stereocenters. The number of rotatable bonds is 4. The van der Waals surface area contributed by atoms with Gasteiger partial charge in [-0.05, 0) is 11.6 Å². The van der Waals surface area contributed by atoms with E-state index in [0.717, 1.165) is 0 Å². The first-order chi connectivity index (χ1) is 11.8. The van der Waals surface area contributed by atoms with Gasteiger partial charge in [0.2, 0.25) is 3.79 Å². The maximum atomic E-state index is 12.3. The molecule has 0 aliphatic heterocycles. The fourth-order valence-electron chi connectivity index (χ4n) is 2.32. The first kappa shape index (κ1) is 19.4. The second-order valence-corrected chi connectivity index (χ2v) is 7.64. The molecule has 0 spiro atoms. The van der Waals surface area contributed by atoms with E-state index in [1.165, 1.54) is 17.9 Å². The van der Waals surface area contributed by atoms with E-state index in [1.54, 1.807) is 24.3 Å². The van der Waals surface area contributed by atoms with Crippen molar-refractivity contribution in [2.45, 2.75) is 10.2 Å². The zero-order valence-electron chi connectivity index (χ0n) is 13.0. The number of benzene rings is 1. The standard InChI is InChI=1S/C16H13Cl3N2O4/c1-24-14(22)10(7-20)6-11-8-21(13-5-3-2-4-12(11)13)15(23)25-9-16(17,18)19/h2-5,8,10H,6,9H2,1H3. The van der Waals surface area contributed by atoms with Crippen LogP contribution in [0.3, 0.4) is 0 Å². The Morgan fingerprint density at radius 3 is 2.60 bits per heavy atom. The van der Waals surface area contributed by atoms with Gasteiger partial charge in [0.1, 0.15) is 12.5 Å². The molecule has 1 aromatic heterocycles. The van der Waals surface area contributed by atoms with Gasteiger partial charge in [0, 0.05) is 18.0 Å². The molecule has 2 rings (SSSR count). The molecule has 1 unspecified atom stereocenters. The predicted octanol–water partition coefficient (Wildman–Crippen LogP) is 3.85. The van der Waals surface area contributed by atoms with E-state index in [4.69, 9.17) is 44.8 Å². The molecule has 1 heterocycles. The Labute approximate surface area is 158 Å². The molecular formula is C16H13Cl3N2O4. The number of methoxy groups -OCH3 is 1. The summed E-state index contributed by atoms with van der Waals surface area (Å²) in [6.07, 6.45) is 0.855. The lowest BCUT2D eigenvalue weighted by atomic mass is 10.0. The largest absolute Gasteiger partial charge is 0.468 e. The molecule has 6 nitrogen and oxygen atoms in total. The number of ether oxygens (including phenoxy) is 2. The van der Waals surface area contributed by atoms with Crippen LogP contribution in [0, 0.1) is 17.2 Å². The number of halogens is 3. The summed E-state index contributed by atoms with van der Waals surface area (Å²) >= 11 is 16.8. The summed E-state index contributed by atoms with van der Waals surface area (Å²) in [6.45, 7) is -0.415. The van der Waals surface area contributed by atoms with Crippen molar-refractivity contribution in [2.24, 2.45) is 5.92 Å². The highest BCUT2D eigenvalue weighted by Gasteiger charge is 2.25. The van der Waals surface area contributed by atoms with Gasteiger partial charge in [0.25, 0.3) is 0 Å². The number of alkyl halides is 3. The second-order valence-electron chi connectivity index (χ2n) is 5.12. The smallest absolute Gasteiger partial charge is 0.418 e. The van der Waals surface area contributed by atoms with Gasteiger partial charge in [0.05, 0.1) is 18.7 Å². The molecule has 25 heavy (non-hydrogen) atoms. The van der Waals surface area contributed by atoms with Crippen molar-refractivity contribution in [2.75, 3.05) is 13.7 Å². The Kier molecular flexibility index (Phi) is 6.17. The lowest BCUT2D eigenvalue weighted by Gasteiger charge is -2.11. The van der Waals surface area contributed by atoms with Crippen molar-refractivity contribution in [3.05, 3.63) is 36.0 Å². The zero-order valence-corrected chi connectivity index (χ0v) is 15.3. The summed E-state index contributed by atoms with van der Waals surface area (Å²) in [4.78, 5) is 23.9. The first-order valence-corrected chi connectivity index (χ1v) is 8.20. The minimum Gasteiger partial charge on any atom is -0.468 e. The molecule has 0 bridgehead atoms. The Morgan fingerprint density at radius 1 is 1.32 bits per heavy atom. The average molecular weight is 404 g/mol. The fraction of sp³-hybridized carbons (Fsp3) is 0.312. The molecule has 1 aromatic carbocycles. The number of fused-ring (bicyclic) bond motifs is 1. The maximum absolute atomic E-state index is 12.3. The molecule has 0 amide bonds. The van der Waals surface area contributed by atoms with E-state index < -0.39 is 28.4 Å². The van der Waals surface area contributed by atoms with Crippen LogP contribution in [0.4, 0.5) is 4.79 Å². The molecule has 0 N–H and O–H groups in total. The third-order valence-electron chi connectivity index (χ3n) is 3.42. The predicted molar refractivity (Wildman–Crippen MR) is 93.8 cm³/mol. The van der Waals surface area contributed by atoms with Crippen molar-refractivity contribution < 1.29 is 19.1 Å². The highest BCUT2D eigenvalue weighted by Crippen LogP contribution is 2.27. The Balaban J connectivity index is 2.36. The normalized spacial score (nSPS) is 12.4. The van der Waals surface area contributed by atoms with Crippen LogP contribution in [0.1, 0.15) is 5.56 Å². The Hall–Kier alpha value is -1.94. The summed E-state index contributed by atoms with van der Waals surface area (Å²) in [6, 6.07) is 8.90. The Bertz CT molecular complexity index is 836. The quantitative estimate of drug-likeness (QED) is 0.572. The van der Waals surface area contributed by atoms with Gasteiger partial charge in [0.15, 0.2) is 0 Å². The van der Waals surface area contributed by atoms with Crippen molar-refractivity contribution in [3.8, 4) is 6.07 Å². The first-order valence-electron chi connectivity index (χ1n) is 7.07. The van der Waals surface area contributed by atoms with Crippen LogP contribution in [-0.4, -0.2) is 34.1 Å².